The van der Waals surface area contributed by atoms with Crippen molar-refractivity contribution in [3.05, 3.63) is 74.5 Å². The first-order chi connectivity index (χ1) is 15.5. The molecule has 4 rings (SSSR count). The molecule has 2 aromatic carbocycles. The van der Waals surface area contributed by atoms with E-state index in [1.807, 2.05) is 18.2 Å². The number of anilines is 1. The van der Waals surface area contributed by atoms with Crippen molar-refractivity contribution in [1.82, 2.24) is 9.55 Å². The number of rotatable bonds is 7. The highest BCUT2D eigenvalue weighted by atomic mass is 35.5. The van der Waals surface area contributed by atoms with Crippen LogP contribution >= 0.6 is 35.0 Å². The Balaban J connectivity index is 1.53. The highest BCUT2D eigenvalue weighted by Crippen LogP contribution is 2.25. The number of thioether (sulfide) groups is 1. The molecule has 1 aliphatic carbocycles. The van der Waals surface area contributed by atoms with Crippen LogP contribution in [-0.2, 0) is 11.3 Å². The molecule has 1 aliphatic rings. The summed E-state index contributed by atoms with van der Waals surface area (Å²) in [4.78, 5) is 30.4. The number of hydrogen-bond acceptors (Lipinski definition) is 4. The first kappa shape index (κ1) is 22.9. The fraction of sp³-hybridized carbons (Fsp3) is 0.292. The molecule has 0 aliphatic heterocycles. The van der Waals surface area contributed by atoms with Crippen LogP contribution in [0.25, 0.3) is 10.9 Å². The van der Waals surface area contributed by atoms with Crippen LogP contribution in [0.3, 0.4) is 0 Å². The van der Waals surface area contributed by atoms with Crippen LogP contribution in [0.15, 0.2) is 64.1 Å². The molecule has 0 saturated carbocycles. The normalized spacial score (nSPS) is 13.8. The molecule has 5 nitrogen and oxygen atoms in total. The van der Waals surface area contributed by atoms with Crippen molar-refractivity contribution in [2.75, 3.05) is 11.1 Å². The average Bonchev–Trinajstić information content (AvgIpc) is 2.77. The van der Waals surface area contributed by atoms with Crippen LogP contribution in [0.1, 0.15) is 32.1 Å². The van der Waals surface area contributed by atoms with Gasteiger partial charge in [-0.2, -0.15) is 0 Å². The van der Waals surface area contributed by atoms with Gasteiger partial charge in [0.1, 0.15) is 0 Å². The molecule has 1 aromatic heterocycles. The minimum atomic E-state index is -0.225. The fourth-order valence-corrected chi connectivity index (χ4v) is 5.15. The topological polar surface area (TPSA) is 64.0 Å². The summed E-state index contributed by atoms with van der Waals surface area (Å²) in [5.74, 6) is -0.116. The molecule has 0 radical (unpaired) electrons. The standard InChI is InChI=1S/C24H23Cl2N3O2S/c25-17-12-18(26)14-19(13-17)27-22(30)15-32-24-28-21-9-5-4-8-20(21)23(31)29(24)11-10-16-6-2-1-3-7-16/h4-6,8-9,12-14H,1-3,7,10-11,15H2,(H,27,30). The van der Waals surface area contributed by atoms with Gasteiger partial charge in [-0.25, -0.2) is 4.98 Å². The Morgan fingerprint density at radius 1 is 1.12 bits per heavy atom. The van der Waals surface area contributed by atoms with Gasteiger partial charge in [-0.15, -0.1) is 0 Å². The summed E-state index contributed by atoms with van der Waals surface area (Å²) in [6.07, 6.45) is 7.74. The molecule has 0 atom stereocenters. The number of para-hydroxylation sites is 1. The predicted molar refractivity (Wildman–Crippen MR) is 133 cm³/mol. The second kappa shape index (κ2) is 10.6. The molecule has 1 amide bonds. The Morgan fingerprint density at radius 2 is 1.91 bits per heavy atom. The second-order valence-corrected chi connectivity index (χ2v) is 9.54. The van der Waals surface area contributed by atoms with Crippen molar-refractivity contribution in [2.45, 2.75) is 43.8 Å². The largest absolute Gasteiger partial charge is 0.325 e. The third-order valence-electron chi connectivity index (χ3n) is 5.35. The van der Waals surface area contributed by atoms with Gasteiger partial charge >= 0.3 is 0 Å². The average molecular weight is 488 g/mol. The van der Waals surface area contributed by atoms with Gasteiger partial charge < -0.3 is 5.32 Å². The van der Waals surface area contributed by atoms with Gasteiger partial charge in [0.15, 0.2) is 5.16 Å². The lowest BCUT2D eigenvalue weighted by Gasteiger charge is -2.16. The van der Waals surface area contributed by atoms with Gasteiger partial charge in [0.2, 0.25) is 5.91 Å². The van der Waals surface area contributed by atoms with Gasteiger partial charge in [0.25, 0.3) is 5.56 Å². The third kappa shape index (κ3) is 5.74. The van der Waals surface area contributed by atoms with E-state index in [-0.39, 0.29) is 17.2 Å². The molecule has 32 heavy (non-hydrogen) atoms. The zero-order valence-corrected chi connectivity index (χ0v) is 19.8. The van der Waals surface area contributed by atoms with Crippen LogP contribution in [-0.4, -0.2) is 21.2 Å². The number of carbonyl (C=O) groups is 1. The maximum absolute atomic E-state index is 13.2. The molecular formula is C24H23Cl2N3O2S. The number of benzene rings is 2. The number of halogens is 2. The van der Waals surface area contributed by atoms with E-state index in [4.69, 9.17) is 28.2 Å². The van der Waals surface area contributed by atoms with Crippen molar-refractivity contribution >= 4 is 57.5 Å². The van der Waals surface area contributed by atoms with E-state index >= 15 is 0 Å². The summed E-state index contributed by atoms with van der Waals surface area (Å²) in [5.41, 5.74) is 2.48. The molecule has 0 unspecified atom stereocenters. The SMILES string of the molecule is O=C(CSc1nc2ccccc2c(=O)n1CCC1=CCCCC1)Nc1cc(Cl)cc(Cl)c1. The highest BCUT2D eigenvalue weighted by Gasteiger charge is 2.15. The van der Waals surface area contributed by atoms with Crippen LogP contribution in [0.2, 0.25) is 10.0 Å². The second-order valence-electron chi connectivity index (χ2n) is 7.72. The van der Waals surface area contributed by atoms with E-state index in [9.17, 15) is 9.59 Å². The van der Waals surface area contributed by atoms with Crippen molar-refractivity contribution in [2.24, 2.45) is 0 Å². The van der Waals surface area contributed by atoms with Crippen LogP contribution < -0.4 is 10.9 Å². The highest BCUT2D eigenvalue weighted by molar-refractivity contribution is 7.99. The molecular weight excluding hydrogens is 465 g/mol. The Hall–Kier alpha value is -2.28. The lowest BCUT2D eigenvalue weighted by atomic mass is 9.97. The Labute approximate surface area is 200 Å². The van der Waals surface area contributed by atoms with Crippen molar-refractivity contribution in [1.29, 1.82) is 0 Å². The number of carbonyl (C=O) groups excluding carboxylic acids is 1. The van der Waals surface area contributed by atoms with Gasteiger partial charge in [-0.05, 0) is 62.4 Å². The zero-order chi connectivity index (χ0) is 22.5. The Kier molecular flexibility index (Phi) is 7.55. The summed E-state index contributed by atoms with van der Waals surface area (Å²) < 4.78 is 1.70. The lowest BCUT2D eigenvalue weighted by molar-refractivity contribution is -0.113. The van der Waals surface area contributed by atoms with Crippen LogP contribution in [0, 0.1) is 0 Å². The Morgan fingerprint density at radius 3 is 2.66 bits per heavy atom. The van der Waals surface area contributed by atoms with Gasteiger partial charge in [-0.1, -0.05) is 58.7 Å². The number of hydrogen-bond donors (Lipinski definition) is 1. The van der Waals surface area contributed by atoms with E-state index in [2.05, 4.69) is 11.4 Å². The fourth-order valence-electron chi connectivity index (χ4n) is 3.80. The summed E-state index contributed by atoms with van der Waals surface area (Å²) >= 11 is 13.3. The number of allylic oxidation sites excluding steroid dienone is 2. The van der Waals surface area contributed by atoms with E-state index in [0.29, 0.717) is 38.3 Å². The van der Waals surface area contributed by atoms with Gasteiger partial charge in [-0.3, -0.25) is 14.2 Å². The number of fused-ring (bicyclic) bond motifs is 1. The zero-order valence-electron chi connectivity index (χ0n) is 17.4. The molecule has 1 heterocycles. The lowest BCUT2D eigenvalue weighted by Crippen LogP contribution is -2.24. The van der Waals surface area contributed by atoms with E-state index in [1.54, 1.807) is 28.8 Å². The molecule has 0 saturated heterocycles. The number of aromatic nitrogens is 2. The first-order valence-electron chi connectivity index (χ1n) is 10.6. The molecule has 8 heteroatoms. The minimum Gasteiger partial charge on any atom is -0.325 e. The number of amides is 1. The maximum atomic E-state index is 13.2. The van der Waals surface area contributed by atoms with Crippen LogP contribution in [0.5, 0.6) is 0 Å². The van der Waals surface area contributed by atoms with Gasteiger partial charge in [0, 0.05) is 22.3 Å². The molecule has 166 valence electrons. The van der Waals surface area contributed by atoms with E-state index in [0.717, 1.165) is 19.3 Å². The number of nitrogens with zero attached hydrogens (tertiary/aromatic N) is 2. The molecule has 3 aromatic rings. The first-order valence-corrected chi connectivity index (χ1v) is 12.3. The maximum Gasteiger partial charge on any atom is 0.262 e. The third-order valence-corrected chi connectivity index (χ3v) is 6.76. The number of nitrogens with one attached hydrogen (secondary N) is 1. The van der Waals surface area contributed by atoms with Crippen molar-refractivity contribution in [3.8, 4) is 0 Å². The summed E-state index contributed by atoms with van der Waals surface area (Å²) in [6, 6.07) is 12.2. The monoisotopic (exact) mass is 487 g/mol. The van der Waals surface area contributed by atoms with Gasteiger partial charge in [0.05, 0.1) is 16.7 Å². The van der Waals surface area contributed by atoms with E-state index < -0.39 is 0 Å². The summed E-state index contributed by atoms with van der Waals surface area (Å²) in [6.45, 7) is 0.552. The summed E-state index contributed by atoms with van der Waals surface area (Å²) in [5, 5.41) is 4.83. The van der Waals surface area contributed by atoms with Crippen LogP contribution in [0.4, 0.5) is 5.69 Å². The van der Waals surface area contributed by atoms with Crippen molar-refractivity contribution < 1.29 is 4.79 Å². The minimum absolute atomic E-state index is 0.0726. The molecule has 0 fully saturated rings. The smallest absolute Gasteiger partial charge is 0.262 e. The summed E-state index contributed by atoms with van der Waals surface area (Å²) in [7, 11) is 0. The molecule has 0 bridgehead atoms. The quantitative estimate of drug-likeness (QED) is 0.240. The predicted octanol–water partition coefficient (Wildman–Crippen LogP) is 6.32. The Bertz CT molecular complexity index is 1220. The van der Waals surface area contributed by atoms with Crippen molar-refractivity contribution in [3.63, 3.8) is 0 Å². The molecule has 1 N–H and O–H groups in total. The van der Waals surface area contributed by atoms with E-state index in [1.165, 1.54) is 30.2 Å². The molecule has 0 spiro atoms.